The second kappa shape index (κ2) is 9.44. The van der Waals surface area contributed by atoms with Gasteiger partial charge in [-0.3, -0.25) is 15.4 Å². The zero-order chi connectivity index (χ0) is 21.6. The van der Waals surface area contributed by atoms with Crippen molar-refractivity contribution in [3.05, 3.63) is 72.3 Å². The van der Waals surface area contributed by atoms with Crippen LogP contribution < -0.4 is 21.3 Å². The van der Waals surface area contributed by atoms with Gasteiger partial charge < -0.3 is 10.6 Å². The summed E-state index contributed by atoms with van der Waals surface area (Å²) in [5.74, 6) is 0.436. The first-order valence-corrected chi connectivity index (χ1v) is 10.4. The summed E-state index contributed by atoms with van der Waals surface area (Å²) in [6.07, 6.45) is 0.685. The SMILES string of the molecule is CCC1CC(=O)NC(n2nc(-c3ccccc3)cc2NC(=O)NCc2ccccc2)N1. The standard InChI is InChI=1S/C23H26N6O2/c1-2-18-13-21(30)27-22(25-18)29-20(14-19(28-29)17-11-7-4-8-12-17)26-23(31)24-15-16-9-5-3-6-10-16/h3-12,14,18,22,25H,2,13,15H2,1H3,(H,27,30)(H2,24,26,31). The second-order valence-corrected chi connectivity index (χ2v) is 7.46. The zero-order valence-electron chi connectivity index (χ0n) is 17.3. The number of carbonyl (C=O) groups excluding carboxylic acids is 2. The summed E-state index contributed by atoms with van der Waals surface area (Å²) in [5.41, 5.74) is 2.62. The molecule has 3 amide bonds. The molecule has 1 aliphatic rings. The average molecular weight is 419 g/mol. The maximum absolute atomic E-state index is 12.6. The highest BCUT2D eigenvalue weighted by Crippen LogP contribution is 2.25. The van der Waals surface area contributed by atoms with Crippen molar-refractivity contribution in [3.8, 4) is 11.3 Å². The van der Waals surface area contributed by atoms with Crippen LogP contribution in [0, 0.1) is 0 Å². The van der Waals surface area contributed by atoms with Crippen LogP contribution in [0.3, 0.4) is 0 Å². The Bertz CT molecular complexity index is 1030. The third-order valence-electron chi connectivity index (χ3n) is 5.20. The van der Waals surface area contributed by atoms with Crippen LogP contribution >= 0.6 is 0 Å². The highest BCUT2D eigenvalue weighted by atomic mass is 16.2. The molecular formula is C23H26N6O2. The zero-order valence-corrected chi connectivity index (χ0v) is 17.3. The maximum atomic E-state index is 12.6. The minimum absolute atomic E-state index is 0.0443. The van der Waals surface area contributed by atoms with Crippen LogP contribution in [-0.4, -0.2) is 27.8 Å². The summed E-state index contributed by atoms with van der Waals surface area (Å²) in [4.78, 5) is 24.8. The van der Waals surface area contributed by atoms with Gasteiger partial charge in [0.2, 0.25) is 5.91 Å². The number of carbonyl (C=O) groups is 2. The molecule has 1 saturated heterocycles. The van der Waals surface area contributed by atoms with Crippen molar-refractivity contribution in [1.29, 1.82) is 0 Å². The molecule has 0 radical (unpaired) electrons. The molecule has 3 aromatic rings. The third-order valence-corrected chi connectivity index (χ3v) is 5.20. The molecule has 1 aliphatic heterocycles. The molecule has 0 bridgehead atoms. The van der Waals surface area contributed by atoms with E-state index in [1.807, 2.05) is 67.6 Å². The lowest BCUT2D eigenvalue weighted by atomic mass is 10.1. The molecule has 1 fully saturated rings. The number of rotatable bonds is 6. The Kier molecular flexibility index (Phi) is 6.28. The number of urea groups is 1. The number of hydrogen-bond acceptors (Lipinski definition) is 4. The molecule has 4 rings (SSSR count). The van der Waals surface area contributed by atoms with Crippen LogP contribution in [0.1, 0.15) is 31.6 Å². The number of nitrogens with zero attached hydrogens (tertiary/aromatic N) is 2. The van der Waals surface area contributed by atoms with E-state index in [4.69, 9.17) is 0 Å². The number of amides is 3. The molecule has 1 aromatic heterocycles. The van der Waals surface area contributed by atoms with E-state index in [1.54, 1.807) is 10.7 Å². The highest BCUT2D eigenvalue weighted by Gasteiger charge is 2.28. The number of benzene rings is 2. The van der Waals surface area contributed by atoms with Gasteiger partial charge in [0.05, 0.1) is 5.69 Å². The molecule has 2 unspecified atom stereocenters. The second-order valence-electron chi connectivity index (χ2n) is 7.46. The molecular weight excluding hydrogens is 392 g/mol. The maximum Gasteiger partial charge on any atom is 0.320 e. The van der Waals surface area contributed by atoms with Crippen molar-refractivity contribution in [2.45, 2.75) is 38.6 Å². The third kappa shape index (κ3) is 5.10. The van der Waals surface area contributed by atoms with Crippen LogP contribution in [0.25, 0.3) is 11.3 Å². The smallest absolute Gasteiger partial charge is 0.320 e. The van der Waals surface area contributed by atoms with Crippen molar-refractivity contribution in [3.63, 3.8) is 0 Å². The highest BCUT2D eigenvalue weighted by molar-refractivity contribution is 5.89. The van der Waals surface area contributed by atoms with Crippen molar-refractivity contribution >= 4 is 17.8 Å². The average Bonchev–Trinajstić information content (AvgIpc) is 3.22. The van der Waals surface area contributed by atoms with Gasteiger partial charge >= 0.3 is 6.03 Å². The number of aromatic nitrogens is 2. The summed E-state index contributed by atoms with van der Waals surface area (Å²) in [6.45, 7) is 2.44. The van der Waals surface area contributed by atoms with E-state index in [-0.39, 0.29) is 18.0 Å². The molecule has 160 valence electrons. The largest absolute Gasteiger partial charge is 0.334 e. The Balaban J connectivity index is 1.56. The first-order chi connectivity index (χ1) is 15.1. The Hall–Kier alpha value is -3.65. The molecule has 8 nitrogen and oxygen atoms in total. The summed E-state index contributed by atoms with van der Waals surface area (Å²) in [7, 11) is 0. The van der Waals surface area contributed by atoms with E-state index in [0.29, 0.717) is 24.5 Å². The summed E-state index contributed by atoms with van der Waals surface area (Å²) < 4.78 is 1.62. The minimum atomic E-state index is -0.548. The molecule has 2 atom stereocenters. The van der Waals surface area contributed by atoms with E-state index in [1.165, 1.54) is 0 Å². The fourth-order valence-electron chi connectivity index (χ4n) is 3.53. The van der Waals surface area contributed by atoms with Crippen LogP contribution in [0.15, 0.2) is 66.7 Å². The predicted octanol–water partition coefficient (Wildman–Crippen LogP) is 3.22. The summed E-state index contributed by atoms with van der Waals surface area (Å²) >= 11 is 0. The van der Waals surface area contributed by atoms with Gasteiger partial charge in [-0.2, -0.15) is 5.10 Å². The number of anilines is 1. The Morgan fingerprint density at radius 1 is 1.13 bits per heavy atom. The van der Waals surface area contributed by atoms with Crippen molar-refractivity contribution < 1.29 is 9.59 Å². The molecule has 0 saturated carbocycles. The fourth-order valence-corrected chi connectivity index (χ4v) is 3.53. The van der Waals surface area contributed by atoms with Crippen LogP contribution in [0.4, 0.5) is 10.6 Å². The van der Waals surface area contributed by atoms with Crippen molar-refractivity contribution in [2.75, 3.05) is 5.32 Å². The first-order valence-electron chi connectivity index (χ1n) is 10.4. The number of hydrogen-bond donors (Lipinski definition) is 4. The fraction of sp³-hybridized carbons (Fsp3) is 0.261. The first kappa shape index (κ1) is 20.6. The lowest BCUT2D eigenvalue weighted by Gasteiger charge is -2.31. The molecule has 0 spiro atoms. The van der Waals surface area contributed by atoms with Crippen LogP contribution in [0.5, 0.6) is 0 Å². The topological polar surface area (TPSA) is 100 Å². The predicted molar refractivity (Wildman–Crippen MR) is 119 cm³/mol. The van der Waals surface area contributed by atoms with Gasteiger partial charge in [-0.1, -0.05) is 67.6 Å². The Labute approximate surface area is 181 Å². The molecule has 31 heavy (non-hydrogen) atoms. The quantitative estimate of drug-likeness (QED) is 0.494. The molecule has 4 N–H and O–H groups in total. The van der Waals surface area contributed by atoms with Gasteiger partial charge in [-0.15, -0.1) is 0 Å². The Morgan fingerprint density at radius 3 is 2.55 bits per heavy atom. The monoisotopic (exact) mass is 418 g/mol. The van der Waals surface area contributed by atoms with Crippen LogP contribution in [0.2, 0.25) is 0 Å². The van der Waals surface area contributed by atoms with Gasteiger partial charge in [0.25, 0.3) is 0 Å². The lowest BCUT2D eigenvalue weighted by molar-refractivity contribution is -0.125. The number of nitrogens with one attached hydrogen (secondary N) is 4. The summed E-state index contributed by atoms with van der Waals surface area (Å²) in [6, 6.07) is 20.9. The van der Waals surface area contributed by atoms with E-state index in [2.05, 4.69) is 26.4 Å². The van der Waals surface area contributed by atoms with Gasteiger partial charge in [0.15, 0.2) is 6.29 Å². The van der Waals surface area contributed by atoms with E-state index >= 15 is 0 Å². The van der Waals surface area contributed by atoms with Gasteiger partial charge in [-0.05, 0) is 12.0 Å². The summed E-state index contributed by atoms with van der Waals surface area (Å²) in [5, 5.41) is 16.7. The van der Waals surface area contributed by atoms with Gasteiger partial charge in [0.1, 0.15) is 5.82 Å². The van der Waals surface area contributed by atoms with Crippen molar-refractivity contribution in [1.82, 2.24) is 25.7 Å². The lowest BCUT2D eigenvalue weighted by Crippen LogP contribution is -2.53. The molecule has 2 heterocycles. The van der Waals surface area contributed by atoms with E-state index < -0.39 is 6.29 Å². The Morgan fingerprint density at radius 2 is 1.84 bits per heavy atom. The van der Waals surface area contributed by atoms with Gasteiger partial charge in [0, 0.05) is 30.6 Å². The molecule has 2 aromatic carbocycles. The minimum Gasteiger partial charge on any atom is -0.334 e. The molecule has 8 heteroatoms. The van der Waals surface area contributed by atoms with Crippen molar-refractivity contribution in [2.24, 2.45) is 0 Å². The van der Waals surface area contributed by atoms with Crippen LogP contribution in [-0.2, 0) is 11.3 Å². The van der Waals surface area contributed by atoms with Gasteiger partial charge in [-0.25, -0.2) is 9.48 Å². The normalized spacial score (nSPS) is 18.3. The molecule has 0 aliphatic carbocycles. The van der Waals surface area contributed by atoms with E-state index in [9.17, 15) is 9.59 Å². The van der Waals surface area contributed by atoms with E-state index in [0.717, 1.165) is 17.5 Å².